The van der Waals surface area contributed by atoms with Gasteiger partial charge in [-0.15, -0.1) is 0 Å². The molecule has 0 unspecified atom stereocenters. The Labute approximate surface area is 89.1 Å². The second kappa shape index (κ2) is 2.98. The van der Waals surface area contributed by atoms with E-state index in [0.29, 0.717) is 21.3 Å². The quantitative estimate of drug-likeness (QED) is 0.676. The van der Waals surface area contributed by atoms with E-state index in [4.69, 9.17) is 34.8 Å². The van der Waals surface area contributed by atoms with Crippen molar-refractivity contribution in [1.82, 2.24) is 0 Å². The average molecular weight is 234 g/mol. The van der Waals surface area contributed by atoms with E-state index in [0.717, 1.165) is 0 Å². The van der Waals surface area contributed by atoms with E-state index in [1.807, 2.05) is 0 Å². The van der Waals surface area contributed by atoms with Gasteiger partial charge in [-0.3, -0.25) is 4.79 Å². The van der Waals surface area contributed by atoms with Gasteiger partial charge < -0.3 is 0 Å². The van der Waals surface area contributed by atoms with Crippen LogP contribution in [-0.4, -0.2) is 11.0 Å². The first-order valence-electron chi connectivity index (χ1n) is 3.37. The highest BCUT2D eigenvalue weighted by Crippen LogP contribution is 2.37. The van der Waals surface area contributed by atoms with Crippen LogP contribution < -0.4 is 0 Å². The molecule has 13 heavy (non-hydrogen) atoms. The smallest absolute Gasteiger partial charge is 0.225 e. The molecule has 0 amide bonds. The molecule has 5 heteroatoms. The van der Waals surface area contributed by atoms with E-state index in [1.54, 1.807) is 0 Å². The van der Waals surface area contributed by atoms with Crippen LogP contribution in [-0.2, 0) is 0 Å². The third-order valence-corrected chi connectivity index (χ3v) is 2.43. The van der Waals surface area contributed by atoms with Gasteiger partial charge in [0.1, 0.15) is 0 Å². The van der Waals surface area contributed by atoms with E-state index in [2.05, 4.69) is 4.99 Å². The summed E-state index contributed by atoms with van der Waals surface area (Å²) in [5.41, 5.74) is 0.767. The summed E-state index contributed by atoms with van der Waals surface area (Å²) >= 11 is 17.1. The summed E-state index contributed by atoms with van der Waals surface area (Å²) in [6.07, 6.45) is 0. The number of hydrogen-bond acceptors (Lipinski definition) is 2. The van der Waals surface area contributed by atoms with Crippen LogP contribution in [0.3, 0.4) is 0 Å². The van der Waals surface area contributed by atoms with Crippen LogP contribution in [0.4, 0.5) is 5.69 Å². The molecule has 1 aliphatic heterocycles. The lowest BCUT2D eigenvalue weighted by molar-refractivity contribution is 0.107. The topological polar surface area (TPSA) is 29.4 Å². The molecule has 2 nitrogen and oxygen atoms in total. The monoisotopic (exact) mass is 233 g/mol. The molecule has 66 valence electrons. The number of ketones is 1. The second-order valence-corrected chi connectivity index (χ2v) is 3.72. The Morgan fingerprint density at radius 1 is 1.15 bits per heavy atom. The Hall–Kier alpha value is -0.570. The van der Waals surface area contributed by atoms with Crippen LogP contribution in [0.5, 0.6) is 0 Å². The number of carbonyl (C=O) groups is 1. The number of fused-ring (bicyclic) bond motifs is 1. The van der Waals surface area contributed by atoms with Crippen molar-refractivity contribution in [3.05, 3.63) is 27.7 Å². The first-order chi connectivity index (χ1) is 6.09. The van der Waals surface area contributed by atoms with Gasteiger partial charge in [0.25, 0.3) is 0 Å². The van der Waals surface area contributed by atoms with Crippen LogP contribution in [0.15, 0.2) is 17.1 Å². The fourth-order valence-electron chi connectivity index (χ4n) is 1.11. The van der Waals surface area contributed by atoms with Crippen LogP contribution in [0, 0.1) is 0 Å². The average Bonchev–Trinajstić information content (AvgIpc) is 2.32. The molecular formula is C8H2Cl3NO. The summed E-state index contributed by atoms with van der Waals surface area (Å²) in [4.78, 5) is 15.1. The van der Waals surface area contributed by atoms with Gasteiger partial charge in [0.2, 0.25) is 5.78 Å². The number of carbonyl (C=O) groups excluding carboxylic acids is 1. The third-order valence-electron chi connectivity index (χ3n) is 1.67. The van der Waals surface area contributed by atoms with Crippen molar-refractivity contribution in [1.29, 1.82) is 0 Å². The fraction of sp³-hybridized carbons (Fsp3) is 0. The number of Topliss-reactive ketones (excluding diaryl/α,β-unsaturated/α-hetero) is 1. The van der Waals surface area contributed by atoms with Crippen molar-refractivity contribution in [2.75, 3.05) is 0 Å². The summed E-state index contributed by atoms with van der Waals surface area (Å²) in [5, 5.41) is 0.671. The molecule has 1 aromatic rings. The number of nitrogens with zero attached hydrogens (tertiary/aromatic N) is 1. The zero-order chi connectivity index (χ0) is 9.59. The predicted octanol–water partition coefficient (Wildman–Crippen LogP) is 3.46. The zero-order valence-electron chi connectivity index (χ0n) is 6.14. The first-order valence-corrected chi connectivity index (χ1v) is 4.51. The number of aliphatic imine (C=N–C) groups is 1. The molecule has 0 bridgehead atoms. The molecule has 0 aromatic heterocycles. The van der Waals surface area contributed by atoms with E-state index in [1.165, 1.54) is 12.1 Å². The van der Waals surface area contributed by atoms with Gasteiger partial charge >= 0.3 is 0 Å². The molecule has 0 radical (unpaired) electrons. The minimum absolute atomic E-state index is 0.0702. The highest BCUT2D eigenvalue weighted by molar-refractivity contribution is 6.86. The molecule has 0 fully saturated rings. The maximum absolute atomic E-state index is 11.3. The van der Waals surface area contributed by atoms with Gasteiger partial charge in [-0.2, -0.15) is 0 Å². The van der Waals surface area contributed by atoms with Gasteiger partial charge in [-0.05, 0) is 12.1 Å². The van der Waals surface area contributed by atoms with Crippen molar-refractivity contribution in [2.24, 2.45) is 4.99 Å². The molecule has 0 N–H and O–H groups in total. The predicted molar refractivity (Wildman–Crippen MR) is 53.7 cm³/mol. The SMILES string of the molecule is O=C1C(Cl)=Nc2c(Cl)cc(Cl)cc21. The Bertz CT molecular complexity index is 439. The Kier molecular flexibility index (Phi) is 2.06. The molecule has 0 saturated heterocycles. The highest BCUT2D eigenvalue weighted by atomic mass is 35.5. The normalized spacial score (nSPS) is 14.4. The van der Waals surface area contributed by atoms with Crippen molar-refractivity contribution in [2.45, 2.75) is 0 Å². The number of benzene rings is 1. The van der Waals surface area contributed by atoms with Crippen molar-refractivity contribution in [3.8, 4) is 0 Å². The Morgan fingerprint density at radius 2 is 1.85 bits per heavy atom. The van der Waals surface area contributed by atoms with Crippen LogP contribution in [0.1, 0.15) is 10.4 Å². The van der Waals surface area contributed by atoms with E-state index in [-0.39, 0.29) is 11.0 Å². The Balaban J connectivity index is 2.73. The van der Waals surface area contributed by atoms with Crippen LogP contribution in [0.25, 0.3) is 0 Å². The summed E-state index contributed by atoms with van der Waals surface area (Å²) in [6.45, 7) is 0. The maximum Gasteiger partial charge on any atom is 0.225 e. The van der Waals surface area contributed by atoms with E-state index in [9.17, 15) is 4.79 Å². The first kappa shape index (κ1) is 9.00. The number of rotatable bonds is 0. The highest BCUT2D eigenvalue weighted by Gasteiger charge is 2.25. The molecule has 0 saturated carbocycles. The maximum atomic E-state index is 11.3. The zero-order valence-corrected chi connectivity index (χ0v) is 8.41. The largest absolute Gasteiger partial charge is 0.286 e. The summed E-state index contributed by atoms with van der Waals surface area (Å²) in [7, 11) is 0. The molecule has 1 aliphatic rings. The summed E-state index contributed by atoms with van der Waals surface area (Å²) in [5.74, 6) is -0.332. The lowest BCUT2D eigenvalue weighted by Crippen LogP contribution is -2.01. The number of halogens is 3. The van der Waals surface area contributed by atoms with Crippen molar-refractivity contribution < 1.29 is 4.79 Å². The number of hydrogen-bond donors (Lipinski definition) is 0. The fourth-order valence-corrected chi connectivity index (χ4v) is 1.83. The van der Waals surface area contributed by atoms with E-state index < -0.39 is 0 Å². The lowest BCUT2D eigenvalue weighted by atomic mass is 10.1. The lowest BCUT2D eigenvalue weighted by Gasteiger charge is -1.98. The molecule has 2 rings (SSSR count). The van der Waals surface area contributed by atoms with Crippen LogP contribution >= 0.6 is 34.8 Å². The van der Waals surface area contributed by atoms with Crippen molar-refractivity contribution >= 4 is 51.4 Å². The van der Waals surface area contributed by atoms with Crippen LogP contribution in [0.2, 0.25) is 10.0 Å². The van der Waals surface area contributed by atoms with Gasteiger partial charge in [0.15, 0.2) is 5.17 Å². The minimum atomic E-state index is -0.332. The molecule has 0 atom stereocenters. The molecule has 1 heterocycles. The minimum Gasteiger partial charge on any atom is -0.286 e. The van der Waals surface area contributed by atoms with Gasteiger partial charge in [0, 0.05) is 5.02 Å². The van der Waals surface area contributed by atoms with Gasteiger partial charge in [-0.1, -0.05) is 34.8 Å². The van der Waals surface area contributed by atoms with Gasteiger partial charge in [0.05, 0.1) is 16.3 Å². The molecule has 0 aliphatic carbocycles. The summed E-state index contributed by atoms with van der Waals surface area (Å²) in [6, 6.07) is 3.03. The molecule has 1 aromatic carbocycles. The third kappa shape index (κ3) is 1.35. The van der Waals surface area contributed by atoms with Crippen molar-refractivity contribution in [3.63, 3.8) is 0 Å². The van der Waals surface area contributed by atoms with E-state index >= 15 is 0 Å². The second-order valence-electron chi connectivity index (χ2n) is 2.52. The van der Waals surface area contributed by atoms with Gasteiger partial charge in [-0.25, -0.2) is 4.99 Å². The summed E-state index contributed by atoms with van der Waals surface area (Å²) < 4.78 is 0. The molecular weight excluding hydrogens is 232 g/mol. The Morgan fingerprint density at radius 3 is 2.54 bits per heavy atom. The molecule has 0 spiro atoms. The standard InChI is InChI=1S/C8H2Cl3NO/c9-3-1-4-6(5(10)2-3)12-8(11)7(4)13/h1-2H.